The van der Waals surface area contributed by atoms with E-state index in [1.807, 2.05) is 6.07 Å². The van der Waals surface area contributed by atoms with Crippen LogP contribution in [0.1, 0.15) is 25.5 Å². The molecule has 1 atom stereocenters. The summed E-state index contributed by atoms with van der Waals surface area (Å²) in [5.74, 6) is 1.02. The van der Waals surface area contributed by atoms with Gasteiger partial charge in [-0.1, -0.05) is 5.16 Å². The Hall–Kier alpha value is -0.870. The number of piperazine rings is 1. The molecule has 2 fully saturated rings. The van der Waals surface area contributed by atoms with Crippen LogP contribution in [0.5, 0.6) is 0 Å². The van der Waals surface area contributed by atoms with Crippen LogP contribution in [0.25, 0.3) is 0 Å². The van der Waals surface area contributed by atoms with Gasteiger partial charge in [-0.25, -0.2) is 0 Å². The van der Waals surface area contributed by atoms with E-state index < -0.39 is 0 Å². The zero-order valence-corrected chi connectivity index (χ0v) is 16.6. The third-order valence-electron chi connectivity index (χ3n) is 4.35. The van der Waals surface area contributed by atoms with E-state index in [9.17, 15) is 0 Å². The van der Waals surface area contributed by atoms with Crippen molar-refractivity contribution in [2.45, 2.75) is 32.4 Å². The van der Waals surface area contributed by atoms with Gasteiger partial charge in [-0.3, -0.25) is 9.89 Å². The van der Waals surface area contributed by atoms with Crippen molar-refractivity contribution in [1.82, 2.24) is 20.3 Å². The lowest BCUT2D eigenvalue weighted by Crippen LogP contribution is -2.52. The van der Waals surface area contributed by atoms with Gasteiger partial charge in [0.25, 0.3) is 0 Å². The second-order valence-corrected chi connectivity index (χ2v) is 6.08. The van der Waals surface area contributed by atoms with Gasteiger partial charge >= 0.3 is 0 Å². The molecule has 0 aromatic carbocycles. The summed E-state index contributed by atoms with van der Waals surface area (Å²) in [5.41, 5.74) is 0.998. The van der Waals surface area contributed by atoms with Crippen LogP contribution >= 0.6 is 24.0 Å². The first kappa shape index (κ1) is 19.5. The average molecular weight is 449 g/mol. The number of hydrogen-bond acceptors (Lipinski definition) is 5. The van der Waals surface area contributed by atoms with Crippen molar-refractivity contribution in [3.8, 4) is 0 Å². The molecule has 0 radical (unpaired) electrons. The second-order valence-electron chi connectivity index (χ2n) is 6.08. The number of aliphatic imine (C=N–C) groups is 1. The standard InChI is InChI=1S/C16H27N5O2.HI/c1-2-17-16(18-12-15-4-3-10-22-15)21-8-6-20(7-9-21)13-14-5-11-23-19-14;/h5,11,15H,2-4,6-10,12-13H2,1H3,(H,17,18);1H. The summed E-state index contributed by atoms with van der Waals surface area (Å²) >= 11 is 0. The molecule has 0 aliphatic carbocycles. The van der Waals surface area contributed by atoms with E-state index >= 15 is 0 Å². The molecule has 1 aromatic rings. The third kappa shape index (κ3) is 5.59. The Labute approximate surface area is 160 Å². The number of hydrogen-bond donors (Lipinski definition) is 1. The van der Waals surface area contributed by atoms with Gasteiger partial charge in [0.2, 0.25) is 0 Å². The molecular formula is C16H28IN5O2. The van der Waals surface area contributed by atoms with Gasteiger partial charge in [0.05, 0.1) is 18.3 Å². The van der Waals surface area contributed by atoms with Gasteiger partial charge in [-0.2, -0.15) is 0 Å². The van der Waals surface area contributed by atoms with Crippen LogP contribution in [0.15, 0.2) is 21.8 Å². The molecule has 3 rings (SSSR count). The Morgan fingerprint density at radius 3 is 2.83 bits per heavy atom. The molecule has 2 aliphatic heterocycles. The van der Waals surface area contributed by atoms with Crippen molar-refractivity contribution in [1.29, 1.82) is 0 Å². The maximum atomic E-state index is 5.67. The fourth-order valence-electron chi connectivity index (χ4n) is 3.07. The highest BCUT2D eigenvalue weighted by Gasteiger charge is 2.21. The quantitative estimate of drug-likeness (QED) is 0.418. The minimum absolute atomic E-state index is 0. The summed E-state index contributed by atoms with van der Waals surface area (Å²) in [4.78, 5) is 9.53. The molecule has 1 aromatic heterocycles. The van der Waals surface area contributed by atoms with E-state index in [4.69, 9.17) is 14.3 Å². The lowest BCUT2D eigenvalue weighted by atomic mass is 10.2. The molecule has 0 amide bonds. The van der Waals surface area contributed by atoms with Gasteiger partial charge < -0.3 is 19.5 Å². The SMILES string of the molecule is CCNC(=NCC1CCCO1)N1CCN(Cc2ccon2)CC1.I. The lowest BCUT2D eigenvalue weighted by molar-refractivity contribution is 0.117. The first-order valence-corrected chi connectivity index (χ1v) is 8.61. The zero-order chi connectivity index (χ0) is 15.9. The molecular weight excluding hydrogens is 421 g/mol. The fraction of sp³-hybridized carbons (Fsp3) is 0.750. The molecule has 1 unspecified atom stereocenters. The van der Waals surface area contributed by atoms with Crippen LogP contribution in [-0.2, 0) is 11.3 Å². The highest BCUT2D eigenvalue weighted by molar-refractivity contribution is 14.0. The maximum Gasteiger partial charge on any atom is 0.194 e. The van der Waals surface area contributed by atoms with Crippen molar-refractivity contribution in [3.05, 3.63) is 18.0 Å². The molecule has 1 N–H and O–H groups in total. The predicted octanol–water partition coefficient (Wildman–Crippen LogP) is 1.55. The Morgan fingerprint density at radius 2 is 2.21 bits per heavy atom. The van der Waals surface area contributed by atoms with Gasteiger partial charge in [0, 0.05) is 51.9 Å². The lowest BCUT2D eigenvalue weighted by Gasteiger charge is -2.36. The largest absolute Gasteiger partial charge is 0.376 e. The van der Waals surface area contributed by atoms with Crippen LogP contribution in [0.2, 0.25) is 0 Å². The van der Waals surface area contributed by atoms with Crippen LogP contribution in [0.4, 0.5) is 0 Å². The zero-order valence-electron chi connectivity index (χ0n) is 14.3. The number of ether oxygens (including phenoxy) is 1. The molecule has 24 heavy (non-hydrogen) atoms. The highest BCUT2D eigenvalue weighted by Crippen LogP contribution is 2.12. The molecule has 2 aliphatic rings. The average Bonchev–Trinajstić information content (AvgIpc) is 3.26. The summed E-state index contributed by atoms with van der Waals surface area (Å²) in [6.45, 7) is 9.50. The van der Waals surface area contributed by atoms with E-state index in [2.05, 4.69) is 27.2 Å². The topological polar surface area (TPSA) is 66.1 Å². The molecule has 3 heterocycles. The number of nitrogens with zero attached hydrogens (tertiary/aromatic N) is 4. The molecule has 2 saturated heterocycles. The molecule has 8 heteroatoms. The summed E-state index contributed by atoms with van der Waals surface area (Å²) in [6, 6.07) is 1.93. The van der Waals surface area contributed by atoms with Gasteiger partial charge in [0.15, 0.2) is 5.96 Å². The van der Waals surface area contributed by atoms with Crippen LogP contribution in [-0.4, -0.2) is 72.9 Å². The predicted molar refractivity (Wildman–Crippen MR) is 104 cm³/mol. The Morgan fingerprint density at radius 1 is 1.38 bits per heavy atom. The normalized spacial score (nSPS) is 22.5. The fourth-order valence-corrected chi connectivity index (χ4v) is 3.07. The second kappa shape index (κ2) is 10.2. The van der Waals surface area contributed by atoms with Crippen LogP contribution < -0.4 is 5.32 Å². The first-order chi connectivity index (χ1) is 11.3. The Balaban J connectivity index is 0.00000208. The smallest absolute Gasteiger partial charge is 0.194 e. The summed E-state index contributed by atoms with van der Waals surface area (Å²) in [6.07, 6.45) is 4.23. The molecule has 0 saturated carbocycles. The van der Waals surface area contributed by atoms with Crippen molar-refractivity contribution in [2.75, 3.05) is 45.9 Å². The van der Waals surface area contributed by atoms with Crippen molar-refractivity contribution < 1.29 is 9.26 Å². The number of guanidine groups is 1. The van der Waals surface area contributed by atoms with Crippen molar-refractivity contribution >= 4 is 29.9 Å². The number of rotatable bonds is 5. The highest BCUT2D eigenvalue weighted by atomic mass is 127. The van der Waals surface area contributed by atoms with Crippen molar-refractivity contribution in [3.63, 3.8) is 0 Å². The van der Waals surface area contributed by atoms with Gasteiger partial charge in [0.1, 0.15) is 6.26 Å². The number of nitrogens with one attached hydrogen (secondary N) is 1. The molecule has 7 nitrogen and oxygen atoms in total. The maximum absolute atomic E-state index is 5.67. The van der Waals surface area contributed by atoms with E-state index in [1.165, 1.54) is 0 Å². The summed E-state index contributed by atoms with van der Waals surface area (Å²) < 4.78 is 10.6. The van der Waals surface area contributed by atoms with Crippen LogP contribution in [0, 0.1) is 0 Å². The minimum Gasteiger partial charge on any atom is -0.376 e. The van der Waals surface area contributed by atoms with Gasteiger partial charge in [-0.15, -0.1) is 24.0 Å². The molecule has 136 valence electrons. The first-order valence-electron chi connectivity index (χ1n) is 8.61. The van der Waals surface area contributed by atoms with E-state index in [-0.39, 0.29) is 24.0 Å². The van der Waals surface area contributed by atoms with Gasteiger partial charge in [-0.05, 0) is 19.8 Å². The van der Waals surface area contributed by atoms with E-state index in [1.54, 1.807) is 6.26 Å². The molecule has 0 spiro atoms. The van der Waals surface area contributed by atoms with Crippen LogP contribution in [0.3, 0.4) is 0 Å². The number of aromatic nitrogens is 1. The summed E-state index contributed by atoms with van der Waals surface area (Å²) in [7, 11) is 0. The summed E-state index contributed by atoms with van der Waals surface area (Å²) in [5, 5.41) is 7.40. The Kier molecular flexibility index (Phi) is 8.26. The number of halogens is 1. The monoisotopic (exact) mass is 449 g/mol. The van der Waals surface area contributed by atoms with E-state index in [0.717, 1.165) is 76.9 Å². The molecule has 0 bridgehead atoms. The Bertz CT molecular complexity index is 483. The van der Waals surface area contributed by atoms with E-state index in [0.29, 0.717) is 6.10 Å². The third-order valence-corrected chi connectivity index (χ3v) is 4.35. The van der Waals surface area contributed by atoms with Crippen molar-refractivity contribution in [2.24, 2.45) is 4.99 Å². The minimum atomic E-state index is 0.